The first-order valence-corrected chi connectivity index (χ1v) is 7.75. The van der Waals surface area contributed by atoms with Crippen LogP contribution in [-0.4, -0.2) is 35.8 Å². The lowest BCUT2D eigenvalue weighted by Gasteiger charge is -2.39. The Morgan fingerprint density at radius 2 is 2.09 bits per heavy atom. The molecule has 2 amide bonds. The molecule has 1 aromatic carbocycles. The summed E-state index contributed by atoms with van der Waals surface area (Å²) in [6.07, 6.45) is 0.431. The van der Waals surface area contributed by atoms with Gasteiger partial charge in [-0.1, -0.05) is 25.4 Å². The van der Waals surface area contributed by atoms with Gasteiger partial charge >= 0.3 is 0 Å². The number of hydrogen-bond donors (Lipinski definition) is 0. The standard InChI is InChI=1S/C16H20ClFN2O2/c1-10(2)8-15(21)19-6-7-20(16(22)11(19)3)12-4-5-14(18)13(17)9-12/h4-5,9-11H,6-8H2,1-3H3. The molecule has 4 nitrogen and oxygen atoms in total. The van der Waals surface area contributed by atoms with Crippen molar-refractivity contribution in [2.24, 2.45) is 5.92 Å². The molecule has 1 aromatic rings. The molecular weight excluding hydrogens is 307 g/mol. The van der Waals surface area contributed by atoms with Gasteiger partial charge in [0.1, 0.15) is 11.9 Å². The van der Waals surface area contributed by atoms with Crippen molar-refractivity contribution in [1.29, 1.82) is 0 Å². The zero-order valence-corrected chi connectivity index (χ0v) is 13.7. The first kappa shape index (κ1) is 16.7. The molecule has 2 rings (SSSR count). The summed E-state index contributed by atoms with van der Waals surface area (Å²) in [5, 5.41) is -0.0173. The van der Waals surface area contributed by atoms with Gasteiger partial charge in [0.05, 0.1) is 5.02 Å². The van der Waals surface area contributed by atoms with Gasteiger partial charge in [0.25, 0.3) is 0 Å². The first-order valence-electron chi connectivity index (χ1n) is 7.37. The smallest absolute Gasteiger partial charge is 0.249 e. The normalized spacial score (nSPS) is 19.0. The van der Waals surface area contributed by atoms with Crippen LogP contribution in [0.2, 0.25) is 5.02 Å². The van der Waals surface area contributed by atoms with E-state index in [1.165, 1.54) is 18.2 Å². The lowest BCUT2D eigenvalue weighted by molar-refractivity contribution is -0.141. The minimum Gasteiger partial charge on any atom is -0.329 e. The minimum absolute atomic E-state index is 0.00682. The number of rotatable bonds is 3. The number of benzene rings is 1. The van der Waals surface area contributed by atoms with E-state index >= 15 is 0 Å². The molecule has 0 saturated carbocycles. The van der Waals surface area contributed by atoms with E-state index < -0.39 is 11.9 Å². The second-order valence-corrected chi connectivity index (χ2v) is 6.36. The van der Waals surface area contributed by atoms with E-state index in [0.717, 1.165) is 0 Å². The highest BCUT2D eigenvalue weighted by Crippen LogP contribution is 2.26. The molecule has 0 N–H and O–H groups in total. The highest BCUT2D eigenvalue weighted by molar-refractivity contribution is 6.31. The molecule has 1 fully saturated rings. The monoisotopic (exact) mass is 326 g/mol. The van der Waals surface area contributed by atoms with Crippen LogP contribution < -0.4 is 4.90 Å². The average molecular weight is 327 g/mol. The predicted octanol–water partition coefficient (Wildman–Crippen LogP) is 3.09. The lowest BCUT2D eigenvalue weighted by atomic mass is 10.1. The summed E-state index contributed by atoms with van der Waals surface area (Å²) >= 11 is 5.78. The number of anilines is 1. The molecule has 0 spiro atoms. The number of halogens is 2. The Morgan fingerprint density at radius 3 is 2.68 bits per heavy atom. The fourth-order valence-electron chi connectivity index (χ4n) is 2.59. The predicted molar refractivity (Wildman–Crippen MR) is 84.4 cm³/mol. The molecule has 1 saturated heterocycles. The SMILES string of the molecule is CC(C)CC(=O)N1CCN(c2ccc(F)c(Cl)c2)C(=O)C1C. The minimum atomic E-state index is -0.524. The van der Waals surface area contributed by atoms with Crippen molar-refractivity contribution in [2.45, 2.75) is 33.2 Å². The maximum atomic E-state index is 13.2. The van der Waals surface area contributed by atoms with Crippen LogP contribution in [0.3, 0.4) is 0 Å². The summed E-state index contributed by atoms with van der Waals surface area (Å²) in [6, 6.07) is 3.68. The number of piperazine rings is 1. The van der Waals surface area contributed by atoms with Crippen molar-refractivity contribution in [1.82, 2.24) is 4.90 Å². The van der Waals surface area contributed by atoms with E-state index in [1.54, 1.807) is 16.7 Å². The molecule has 6 heteroatoms. The van der Waals surface area contributed by atoms with Crippen molar-refractivity contribution in [3.63, 3.8) is 0 Å². The molecule has 0 aromatic heterocycles. The fraction of sp³-hybridized carbons (Fsp3) is 0.500. The van der Waals surface area contributed by atoms with Crippen molar-refractivity contribution >= 4 is 29.1 Å². The van der Waals surface area contributed by atoms with Gasteiger partial charge in [-0.25, -0.2) is 4.39 Å². The third kappa shape index (κ3) is 3.40. The maximum absolute atomic E-state index is 13.2. The Hall–Kier alpha value is -1.62. The molecule has 22 heavy (non-hydrogen) atoms. The van der Waals surface area contributed by atoms with Crippen LogP contribution >= 0.6 is 11.6 Å². The molecule has 1 aliphatic heterocycles. The third-order valence-electron chi connectivity index (χ3n) is 3.77. The van der Waals surface area contributed by atoms with Gasteiger partial charge in [0.15, 0.2) is 0 Å². The van der Waals surface area contributed by atoms with Gasteiger partial charge in [-0.3, -0.25) is 9.59 Å². The Morgan fingerprint density at radius 1 is 1.41 bits per heavy atom. The van der Waals surface area contributed by atoms with Crippen LogP contribution in [0.25, 0.3) is 0 Å². The molecule has 120 valence electrons. The summed E-state index contributed by atoms with van der Waals surface area (Å²) in [7, 11) is 0. The third-order valence-corrected chi connectivity index (χ3v) is 4.06. The van der Waals surface area contributed by atoms with Crippen molar-refractivity contribution in [3.05, 3.63) is 29.0 Å². The van der Waals surface area contributed by atoms with Crippen LogP contribution in [0.1, 0.15) is 27.2 Å². The summed E-state index contributed by atoms with van der Waals surface area (Å²) in [4.78, 5) is 27.9. The van der Waals surface area contributed by atoms with E-state index in [-0.39, 0.29) is 22.8 Å². The van der Waals surface area contributed by atoms with E-state index in [2.05, 4.69) is 0 Å². The van der Waals surface area contributed by atoms with Gasteiger partial charge in [-0.2, -0.15) is 0 Å². The van der Waals surface area contributed by atoms with Crippen molar-refractivity contribution in [2.75, 3.05) is 18.0 Å². The highest BCUT2D eigenvalue weighted by atomic mass is 35.5. The van der Waals surface area contributed by atoms with Crippen molar-refractivity contribution in [3.8, 4) is 0 Å². The molecular formula is C16H20ClFN2O2. The van der Waals surface area contributed by atoms with E-state index in [0.29, 0.717) is 25.2 Å². The average Bonchev–Trinajstić information content (AvgIpc) is 2.44. The molecule has 1 atom stereocenters. The number of carbonyl (C=O) groups excluding carboxylic acids is 2. The quantitative estimate of drug-likeness (QED) is 0.856. The Balaban J connectivity index is 2.15. The van der Waals surface area contributed by atoms with Gasteiger partial charge in [-0.05, 0) is 31.0 Å². The van der Waals surface area contributed by atoms with Crippen molar-refractivity contribution < 1.29 is 14.0 Å². The number of nitrogens with zero attached hydrogens (tertiary/aromatic N) is 2. The van der Waals surface area contributed by atoms with Gasteiger partial charge in [-0.15, -0.1) is 0 Å². The van der Waals surface area contributed by atoms with Crippen LogP contribution in [0.5, 0.6) is 0 Å². The Bertz CT molecular complexity index is 592. The molecule has 1 unspecified atom stereocenters. The fourth-order valence-corrected chi connectivity index (χ4v) is 2.76. The van der Waals surface area contributed by atoms with Gasteiger partial charge in [0.2, 0.25) is 11.8 Å². The summed E-state index contributed by atoms with van der Waals surface area (Å²) in [5.74, 6) is -0.445. The van der Waals surface area contributed by atoms with Crippen LogP contribution in [-0.2, 0) is 9.59 Å². The Labute approximate surface area is 134 Å². The molecule has 1 heterocycles. The zero-order chi connectivity index (χ0) is 16.4. The second-order valence-electron chi connectivity index (χ2n) is 5.95. The van der Waals surface area contributed by atoms with E-state index in [4.69, 9.17) is 11.6 Å². The molecule has 0 bridgehead atoms. The number of hydrogen-bond acceptors (Lipinski definition) is 2. The van der Waals surface area contributed by atoms with E-state index in [9.17, 15) is 14.0 Å². The van der Waals surface area contributed by atoms with Gasteiger partial charge < -0.3 is 9.80 Å². The lowest BCUT2D eigenvalue weighted by Crippen LogP contribution is -2.57. The van der Waals surface area contributed by atoms with Crippen LogP contribution in [0.4, 0.5) is 10.1 Å². The first-order chi connectivity index (χ1) is 10.3. The summed E-state index contributed by atoms with van der Waals surface area (Å²) in [5.41, 5.74) is 0.555. The maximum Gasteiger partial charge on any atom is 0.249 e. The largest absolute Gasteiger partial charge is 0.329 e. The van der Waals surface area contributed by atoms with Crippen LogP contribution in [0, 0.1) is 11.7 Å². The highest BCUT2D eigenvalue weighted by Gasteiger charge is 2.35. The Kier molecular flexibility index (Phi) is 5.06. The molecule has 1 aliphatic rings. The number of amides is 2. The summed E-state index contributed by atoms with van der Waals surface area (Å²) in [6.45, 7) is 6.52. The topological polar surface area (TPSA) is 40.6 Å². The number of carbonyl (C=O) groups is 2. The zero-order valence-electron chi connectivity index (χ0n) is 13.0. The molecule has 0 aliphatic carbocycles. The molecule has 0 radical (unpaired) electrons. The summed E-state index contributed by atoms with van der Waals surface area (Å²) < 4.78 is 13.2. The second kappa shape index (κ2) is 6.65. The van der Waals surface area contributed by atoms with Gasteiger partial charge in [0, 0.05) is 25.2 Å². The van der Waals surface area contributed by atoms with Crippen LogP contribution in [0.15, 0.2) is 18.2 Å². The van der Waals surface area contributed by atoms with E-state index in [1.807, 2.05) is 13.8 Å².